The number of rotatable bonds is 4. The van der Waals surface area contributed by atoms with E-state index in [1.54, 1.807) is 17.8 Å². The molecule has 4 aromatic rings. The lowest BCUT2D eigenvalue weighted by molar-refractivity contribution is 0.00794. The van der Waals surface area contributed by atoms with E-state index in [-0.39, 0.29) is 30.6 Å². The number of aromatic nitrogens is 3. The molecule has 0 bridgehead atoms. The molecule has 11 heteroatoms. The molecule has 184 valence electrons. The van der Waals surface area contributed by atoms with Crippen LogP contribution in [0, 0.1) is 5.82 Å². The summed E-state index contributed by atoms with van der Waals surface area (Å²) in [5.74, 6) is 0.00261. The fourth-order valence-electron chi connectivity index (χ4n) is 4.20. The number of hydrogen-bond donors (Lipinski definition) is 3. The summed E-state index contributed by atoms with van der Waals surface area (Å²) in [5.41, 5.74) is 9.40. The Hall–Kier alpha value is -2.70. The Morgan fingerprint density at radius 1 is 1.11 bits per heavy atom. The highest BCUT2D eigenvalue weighted by Gasteiger charge is 2.48. The maximum atomic E-state index is 14.8. The van der Waals surface area contributed by atoms with Crippen LogP contribution in [-0.4, -0.2) is 70.2 Å². The van der Waals surface area contributed by atoms with Crippen molar-refractivity contribution < 1.29 is 23.7 Å². The number of hydrogen-bond acceptors (Lipinski definition) is 9. The number of thiazole rings is 1. The largest absolute Gasteiger partial charge is 0.470 e. The first kappa shape index (κ1) is 24.0. The van der Waals surface area contributed by atoms with E-state index >= 15 is 0 Å². The van der Waals surface area contributed by atoms with Crippen LogP contribution < -0.4 is 10.5 Å². The number of benzene rings is 1. The number of aliphatic hydroxyl groups is 1. The summed E-state index contributed by atoms with van der Waals surface area (Å²) in [6, 6.07) is 10.5. The number of fused-ring (bicyclic) bond motifs is 2. The minimum atomic E-state index is -0.645. The Bertz CT molecular complexity index is 1310. The molecule has 3 aromatic heterocycles. The van der Waals surface area contributed by atoms with Crippen molar-refractivity contribution >= 4 is 39.3 Å². The van der Waals surface area contributed by atoms with Gasteiger partial charge >= 0.3 is 0 Å². The number of pyridine rings is 1. The third kappa shape index (κ3) is 4.87. The molecule has 2 unspecified atom stereocenters. The average Bonchev–Trinajstić information content (AvgIpc) is 3.61. The van der Waals surface area contributed by atoms with Gasteiger partial charge < -0.3 is 30.0 Å². The Morgan fingerprint density at radius 3 is 2.54 bits per heavy atom. The van der Waals surface area contributed by atoms with E-state index in [2.05, 4.69) is 15.0 Å². The standard InChI is InChI=1S/C22H19FN4O4S.C2H6S/c23-12-5-13-14(6-18(25-13)31-17-8-30-20-16(28)7-29-21(17)20)26-19(12)11-3-1-10(2-4-11)15-9-32-22(24)27-15;1-3-2/h1-6,9,16-17,20-21,25,28H,7-8H2,(H2,24,27);1-2H3/t16?,17?,20-,21-;/m1./s1. The van der Waals surface area contributed by atoms with Gasteiger partial charge in [-0.05, 0) is 12.5 Å². The number of anilines is 1. The number of nitrogen functional groups attached to an aromatic ring is 1. The van der Waals surface area contributed by atoms with Gasteiger partial charge in [-0.25, -0.2) is 14.4 Å². The van der Waals surface area contributed by atoms with Crippen LogP contribution in [0.2, 0.25) is 0 Å². The van der Waals surface area contributed by atoms with Crippen LogP contribution in [0.3, 0.4) is 0 Å². The number of nitrogens with zero attached hydrogens (tertiary/aromatic N) is 2. The van der Waals surface area contributed by atoms with Gasteiger partial charge in [-0.15, -0.1) is 11.3 Å². The number of ether oxygens (including phenoxy) is 3. The highest BCUT2D eigenvalue weighted by molar-refractivity contribution is 7.97. The lowest BCUT2D eigenvalue weighted by Crippen LogP contribution is -2.34. The highest BCUT2D eigenvalue weighted by atomic mass is 32.2. The van der Waals surface area contributed by atoms with Gasteiger partial charge in [0.15, 0.2) is 22.9 Å². The molecule has 4 N–H and O–H groups in total. The quantitative estimate of drug-likeness (QED) is 0.373. The zero-order chi connectivity index (χ0) is 24.5. The van der Waals surface area contributed by atoms with E-state index in [0.29, 0.717) is 34.2 Å². The van der Waals surface area contributed by atoms with Crippen molar-refractivity contribution in [1.29, 1.82) is 0 Å². The number of thioether (sulfide) groups is 1. The molecule has 5 heterocycles. The zero-order valence-corrected chi connectivity index (χ0v) is 20.7. The van der Waals surface area contributed by atoms with Crippen molar-refractivity contribution in [2.24, 2.45) is 0 Å². The third-order valence-electron chi connectivity index (χ3n) is 5.77. The van der Waals surface area contributed by atoms with Gasteiger partial charge in [0.25, 0.3) is 0 Å². The predicted molar refractivity (Wildman–Crippen MR) is 136 cm³/mol. The molecular formula is C24H25FN4O4S2. The number of aromatic amines is 1. The number of H-pyrrole nitrogens is 1. The fourth-order valence-corrected chi connectivity index (χ4v) is 4.77. The summed E-state index contributed by atoms with van der Waals surface area (Å²) in [5, 5.41) is 12.3. The van der Waals surface area contributed by atoms with Crippen LogP contribution in [-0.2, 0) is 9.47 Å². The molecule has 8 nitrogen and oxygen atoms in total. The second-order valence-electron chi connectivity index (χ2n) is 8.26. The molecule has 0 spiro atoms. The highest BCUT2D eigenvalue weighted by Crippen LogP contribution is 2.32. The summed E-state index contributed by atoms with van der Waals surface area (Å²) in [6.07, 6.45) is 2.37. The van der Waals surface area contributed by atoms with Gasteiger partial charge in [-0.3, -0.25) is 0 Å². The molecule has 0 radical (unpaired) electrons. The SMILES string of the molecule is CSC.Nc1nc(-c2ccc(-c3nc4cc(OC5CO[C@@H]6C(O)CO[C@H]56)[nH]c4cc3F)cc2)cs1. The van der Waals surface area contributed by atoms with Crippen molar-refractivity contribution in [1.82, 2.24) is 15.0 Å². The monoisotopic (exact) mass is 516 g/mol. The van der Waals surface area contributed by atoms with Gasteiger partial charge in [0.2, 0.25) is 0 Å². The fraction of sp³-hybridized carbons (Fsp3) is 0.333. The molecule has 1 aromatic carbocycles. The summed E-state index contributed by atoms with van der Waals surface area (Å²) in [4.78, 5) is 11.8. The predicted octanol–water partition coefficient (Wildman–Crippen LogP) is 3.96. The molecule has 2 aliphatic heterocycles. The van der Waals surface area contributed by atoms with Crippen molar-refractivity contribution in [2.75, 3.05) is 31.5 Å². The second kappa shape index (κ2) is 10.1. The van der Waals surface area contributed by atoms with E-state index in [1.165, 1.54) is 17.4 Å². The lowest BCUT2D eigenvalue weighted by Gasteiger charge is -2.16. The van der Waals surface area contributed by atoms with Gasteiger partial charge in [-0.1, -0.05) is 24.3 Å². The summed E-state index contributed by atoms with van der Waals surface area (Å²) >= 11 is 3.12. The number of nitrogens with one attached hydrogen (secondary N) is 1. The van der Waals surface area contributed by atoms with E-state index < -0.39 is 11.9 Å². The molecule has 2 aliphatic rings. The molecule has 4 atom stereocenters. The van der Waals surface area contributed by atoms with Crippen LogP contribution >= 0.6 is 23.1 Å². The molecule has 6 rings (SSSR count). The Kier molecular flexibility index (Phi) is 6.94. The molecule has 2 saturated heterocycles. The van der Waals surface area contributed by atoms with E-state index in [4.69, 9.17) is 19.9 Å². The van der Waals surface area contributed by atoms with E-state index in [0.717, 1.165) is 11.3 Å². The molecule has 0 amide bonds. The first-order valence-electron chi connectivity index (χ1n) is 11.0. The zero-order valence-electron chi connectivity index (χ0n) is 19.1. The van der Waals surface area contributed by atoms with Crippen LogP contribution in [0.5, 0.6) is 5.88 Å². The van der Waals surface area contributed by atoms with Crippen molar-refractivity contribution in [3.8, 4) is 28.4 Å². The van der Waals surface area contributed by atoms with Crippen molar-refractivity contribution in [3.05, 3.63) is 47.6 Å². The van der Waals surface area contributed by atoms with Gasteiger partial charge in [0.05, 0.1) is 29.9 Å². The maximum Gasteiger partial charge on any atom is 0.193 e. The number of halogens is 1. The van der Waals surface area contributed by atoms with Crippen LogP contribution in [0.1, 0.15) is 0 Å². The van der Waals surface area contributed by atoms with Gasteiger partial charge in [-0.2, -0.15) is 11.8 Å². The Morgan fingerprint density at radius 2 is 1.83 bits per heavy atom. The molecule has 35 heavy (non-hydrogen) atoms. The lowest BCUT2D eigenvalue weighted by atomic mass is 10.1. The van der Waals surface area contributed by atoms with E-state index in [9.17, 15) is 9.50 Å². The summed E-state index contributed by atoms with van der Waals surface area (Å²) in [7, 11) is 0. The number of nitrogens with two attached hydrogens (primary N) is 1. The van der Waals surface area contributed by atoms with Crippen molar-refractivity contribution in [2.45, 2.75) is 24.4 Å². The maximum absolute atomic E-state index is 14.8. The molecule has 2 fully saturated rings. The first-order valence-corrected chi connectivity index (χ1v) is 13.5. The molecule has 0 aliphatic carbocycles. The average molecular weight is 517 g/mol. The topological polar surface area (TPSA) is 116 Å². The summed E-state index contributed by atoms with van der Waals surface area (Å²) in [6.45, 7) is 0.540. The van der Waals surface area contributed by atoms with Gasteiger partial charge in [0.1, 0.15) is 24.0 Å². The van der Waals surface area contributed by atoms with Gasteiger partial charge in [0, 0.05) is 28.6 Å². The molecule has 0 saturated carbocycles. The Balaban J connectivity index is 0.000000806. The Labute approximate surface area is 209 Å². The number of aliphatic hydroxyl groups excluding tert-OH is 1. The minimum Gasteiger partial charge on any atom is -0.470 e. The normalized spacial score (nSPS) is 23.2. The van der Waals surface area contributed by atoms with Crippen LogP contribution in [0.15, 0.2) is 41.8 Å². The first-order chi connectivity index (χ1) is 17.0. The minimum absolute atomic E-state index is 0.229. The van der Waals surface area contributed by atoms with Crippen LogP contribution in [0.4, 0.5) is 9.52 Å². The van der Waals surface area contributed by atoms with E-state index in [1.807, 2.05) is 42.2 Å². The van der Waals surface area contributed by atoms with Crippen LogP contribution in [0.25, 0.3) is 33.5 Å². The summed E-state index contributed by atoms with van der Waals surface area (Å²) < 4.78 is 32.0. The smallest absolute Gasteiger partial charge is 0.193 e. The second-order valence-corrected chi connectivity index (χ2v) is 9.97. The molecular weight excluding hydrogens is 491 g/mol. The van der Waals surface area contributed by atoms with Crippen molar-refractivity contribution in [3.63, 3.8) is 0 Å². The third-order valence-corrected chi connectivity index (χ3v) is 6.44.